The highest BCUT2D eigenvalue weighted by atomic mass is 32.2. The summed E-state index contributed by atoms with van der Waals surface area (Å²) in [6.07, 6.45) is 0. The van der Waals surface area contributed by atoms with E-state index in [4.69, 9.17) is 10.8 Å². The minimum atomic E-state index is -4.10. The van der Waals surface area contributed by atoms with Crippen molar-refractivity contribution in [2.45, 2.75) is 9.79 Å². The monoisotopic (exact) mass is 648 g/mol. The SMILES string of the molecule is N#[N+]c1ccc2c(S(=O)(=O)Nc3ccc(-c4ccc(NS(=O)(=O)c5cccc6c([O-])c([N+]#N)ccc56)cc4)cc3)cccc2c1[O-]. The quantitative estimate of drug-likeness (QED) is 0.186. The minimum absolute atomic E-state index is 0.0981. The summed E-state index contributed by atoms with van der Waals surface area (Å²) in [4.78, 5) is 5.64. The second kappa shape index (κ2) is 11.4. The molecule has 0 saturated heterocycles. The molecule has 14 heteroatoms. The third-order valence-corrected chi connectivity index (χ3v) is 10.2. The van der Waals surface area contributed by atoms with Gasteiger partial charge >= 0.3 is 11.4 Å². The van der Waals surface area contributed by atoms with E-state index in [2.05, 4.69) is 19.4 Å². The van der Waals surface area contributed by atoms with Crippen molar-refractivity contribution < 1.29 is 27.0 Å². The molecule has 0 bridgehead atoms. The lowest BCUT2D eigenvalue weighted by atomic mass is 10.1. The van der Waals surface area contributed by atoms with E-state index < -0.39 is 31.5 Å². The smallest absolute Gasteiger partial charge is 0.378 e. The van der Waals surface area contributed by atoms with Crippen molar-refractivity contribution in [3.8, 4) is 22.6 Å². The van der Waals surface area contributed by atoms with Gasteiger partial charge in [0.15, 0.2) is 9.95 Å². The molecule has 0 fully saturated rings. The molecule has 2 N–H and O–H groups in total. The molecule has 0 radical (unpaired) electrons. The Bertz CT molecular complexity index is 2310. The summed E-state index contributed by atoms with van der Waals surface area (Å²) in [7, 11) is -8.20. The van der Waals surface area contributed by atoms with Crippen LogP contribution in [0.4, 0.5) is 22.7 Å². The molecule has 0 atom stereocenters. The van der Waals surface area contributed by atoms with E-state index in [1.54, 1.807) is 48.5 Å². The minimum Gasteiger partial charge on any atom is -0.867 e. The average Bonchev–Trinajstić information content (AvgIpc) is 3.05. The predicted octanol–water partition coefficient (Wildman–Crippen LogP) is 6.38. The van der Waals surface area contributed by atoms with Crippen molar-refractivity contribution in [1.29, 1.82) is 10.8 Å². The number of hydrogen-bond donors (Lipinski definition) is 2. The van der Waals surface area contributed by atoms with Crippen LogP contribution in [0.2, 0.25) is 0 Å². The number of fused-ring (bicyclic) bond motifs is 2. The Balaban J connectivity index is 1.20. The molecule has 0 amide bonds. The molecule has 0 unspecified atom stereocenters. The second-order valence-electron chi connectivity index (χ2n) is 10.1. The van der Waals surface area contributed by atoms with E-state index in [-0.39, 0.29) is 54.1 Å². The lowest BCUT2D eigenvalue weighted by molar-refractivity contribution is -0.265. The van der Waals surface area contributed by atoms with Crippen molar-refractivity contribution in [2.24, 2.45) is 0 Å². The zero-order valence-corrected chi connectivity index (χ0v) is 25.1. The van der Waals surface area contributed by atoms with E-state index >= 15 is 0 Å². The van der Waals surface area contributed by atoms with Crippen molar-refractivity contribution >= 4 is 64.3 Å². The molecule has 6 rings (SSSR count). The molecule has 0 aliphatic carbocycles. The molecule has 0 aliphatic heterocycles. The predicted molar refractivity (Wildman–Crippen MR) is 170 cm³/mol. The number of nitrogens with zero attached hydrogens (tertiary/aromatic N) is 4. The van der Waals surface area contributed by atoms with Gasteiger partial charge in [0.1, 0.15) is 0 Å². The Kier molecular flexibility index (Phi) is 7.37. The fraction of sp³-hybridized carbons (Fsp3) is 0. The maximum atomic E-state index is 13.2. The van der Waals surface area contributed by atoms with Gasteiger partial charge in [-0.05, 0) is 81.9 Å². The van der Waals surface area contributed by atoms with Crippen molar-refractivity contribution in [3.05, 3.63) is 119 Å². The molecule has 12 nitrogen and oxygen atoms in total. The second-order valence-corrected chi connectivity index (χ2v) is 13.4. The molecule has 0 heterocycles. The first-order valence-corrected chi connectivity index (χ1v) is 16.4. The van der Waals surface area contributed by atoms with E-state index in [1.165, 1.54) is 60.7 Å². The summed E-state index contributed by atoms with van der Waals surface area (Å²) in [6, 6.07) is 26.8. The van der Waals surface area contributed by atoms with Gasteiger partial charge in [-0.1, -0.05) is 48.5 Å². The number of anilines is 2. The molecule has 0 saturated carbocycles. The highest BCUT2D eigenvalue weighted by molar-refractivity contribution is 7.93. The molecular weight excluding hydrogens is 629 g/mol. The molecular formula is C32H20N6O6S2. The topological polar surface area (TPSA) is 195 Å². The van der Waals surface area contributed by atoms with Gasteiger partial charge in [0.05, 0.1) is 9.79 Å². The number of benzene rings is 6. The van der Waals surface area contributed by atoms with Crippen LogP contribution in [0, 0.1) is 10.8 Å². The fourth-order valence-corrected chi connectivity index (χ4v) is 7.65. The van der Waals surface area contributed by atoms with Crippen LogP contribution in [0.25, 0.3) is 42.6 Å². The normalized spacial score (nSPS) is 11.5. The van der Waals surface area contributed by atoms with Crippen LogP contribution in [0.5, 0.6) is 11.5 Å². The van der Waals surface area contributed by atoms with Crippen molar-refractivity contribution in [1.82, 2.24) is 0 Å². The number of rotatable bonds is 7. The number of nitrogens with one attached hydrogen (secondary N) is 2. The third kappa shape index (κ3) is 5.35. The first-order valence-electron chi connectivity index (χ1n) is 13.4. The van der Waals surface area contributed by atoms with Crippen LogP contribution >= 0.6 is 0 Å². The van der Waals surface area contributed by atoms with Gasteiger partial charge in [-0.25, -0.2) is 16.8 Å². The number of diazo groups is 2. The standard InChI is InChI=1S/C32H20N6O6S2/c33-35-27-17-15-23-25(31(27)39)3-1-5-29(23)45(41,42)37-21-11-7-19(8-12-21)20-9-13-22(14-10-20)38-46(43,44)30-6-2-4-26-24(30)16-18-28(36-34)32(26)40/h1-18,33H,(H-,39,40). The highest BCUT2D eigenvalue weighted by Crippen LogP contribution is 2.37. The summed E-state index contributed by atoms with van der Waals surface area (Å²) < 4.78 is 58.0. The maximum absolute atomic E-state index is 13.2. The number of hydrogen-bond acceptors (Lipinski definition) is 8. The third-order valence-electron chi connectivity index (χ3n) is 7.30. The zero-order chi connectivity index (χ0) is 32.6. The van der Waals surface area contributed by atoms with Crippen LogP contribution in [-0.4, -0.2) is 16.8 Å². The zero-order valence-electron chi connectivity index (χ0n) is 23.4. The largest absolute Gasteiger partial charge is 0.867 e. The fourth-order valence-electron chi connectivity index (χ4n) is 5.09. The van der Waals surface area contributed by atoms with E-state index in [0.717, 1.165) is 11.1 Å². The van der Waals surface area contributed by atoms with Gasteiger partial charge in [0.25, 0.3) is 20.0 Å². The van der Waals surface area contributed by atoms with E-state index in [9.17, 15) is 27.0 Å². The average molecular weight is 649 g/mol. The molecule has 6 aromatic rings. The van der Waals surface area contributed by atoms with Gasteiger partial charge in [-0.3, -0.25) is 9.44 Å². The van der Waals surface area contributed by atoms with Gasteiger partial charge in [0, 0.05) is 34.3 Å². The van der Waals surface area contributed by atoms with Gasteiger partial charge in [-0.2, -0.15) is 0 Å². The van der Waals surface area contributed by atoms with Gasteiger partial charge in [-0.15, -0.1) is 0 Å². The molecule has 226 valence electrons. The molecule has 0 spiro atoms. The van der Waals surface area contributed by atoms with Crippen LogP contribution in [-0.2, 0) is 20.0 Å². The van der Waals surface area contributed by atoms with Crippen LogP contribution in [0.1, 0.15) is 0 Å². The van der Waals surface area contributed by atoms with E-state index in [1.807, 2.05) is 0 Å². The Morgan fingerprint density at radius 2 is 0.848 bits per heavy atom. The van der Waals surface area contributed by atoms with Gasteiger partial charge < -0.3 is 10.2 Å². The Hall–Kier alpha value is -6.22. The Morgan fingerprint density at radius 1 is 0.478 bits per heavy atom. The first-order chi connectivity index (χ1) is 22.0. The van der Waals surface area contributed by atoms with E-state index in [0.29, 0.717) is 0 Å². The lowest BCUT2D eigenvalue weighted by Gasteiger charge is -2.14. The summed E-state index contributed by atoms with van der Waals surface area (Å²) in [5.41, 5.74) is 1.59. The van der Waals surface area contributed by atoms with Gasteiger partial charge in [0.2, 0.25) is 10.8 Å². The van der Waals surface area contributed by atoms with Crippen molar-refractivity contribution in [2.75, 3.05) is 9.44 Å². The Labute approximate surface area is 262 Å². The summed E-state index contributed by atoms with van der Waals surface area (Å²) in [5, 5.41) is 43.5. The van der Waals surface area contributed by atoms with Crippen LogP contribution < -0.4 is 19.7 Å². The highest BCUT2D eigenvalue weighted by Gasteiger charge is 2.21. The molecule has 0 aliphatic rings. The molecule has 0 aromatic heterocycles. The van der Waals surface area contributed by atoms with Crippen molar-refractivity contribution in [3.63, 3.8) is 0 Å². The maximum Gasteiger partial charge on any atom is 0.378 e. The number of sulfonamides is 2. The lowest BCUT2D eigenvalue weighted by Crippen LogP contribution is -2.13. The van der Waals surface area contributed by atoms with Crippen LogP contribution in [0.15, 0.2) is 119 Å². The summed E-state index contributed by atoms with van der Waals surface area (Å²) in [6.45, 7) is 0. The molecule has 46 heavy (non-hydrogen) atoms. The van der Waals surface area contributed by atoms with Crippen LogP contribution in [0.3, 0.4) is 0 Å². The summed E-state index contributed by atoms with van der Waals surface area (Å²) in [5.74, 6) is -1.19. The molecule has 6 aromatic carbocycles. The summed E-state index contributed by atoms with van der Waals surface area (Å²) >= 11 is 0. The first kappa shape index (κ1) is 29.8. The Morgan fingerprint density at radius 3 is 1.20 bits per heavy atom.